The number of carbonyl (C=O) groups is 2. The standard InChI is InChI=1S/C28H31ClN4O4S/c1-20-7-13-24(14-8-20)38(36,37)33(26-6-4-5-25(29)21(26)2)18-27(34)30-17-22-9-11-23(12-10-22)32-16-15-31(3)19-28(32)35/h4-14H,15-19H2,1-3H3,(H,30,34). The topological polar surface area (TPSA) is 90.0 Å². The Morgan fingerprint density at radius 3 is 2.34 bits per heavy atom. The lowest BCUT2D eigenvalue weighted by molar-refractivity contribution is -0.121. The lowest BCUT2D eigenvalue weighted by Gasteiger charge is -2.32. The first kappa shape index (κ1) is 27.6. The van der Waals surface area contributed by atoms with Crippen molar-refractivity contribution < 1.29 is 18.0 Å². The SMILES string of the molecule is Cc1ccc(S(=O)(=O)N(CC(=O)NCc2ccc(N3CCN(C)CC3=O)cc2)c2cccc(Cl)c2C)cc1. The Bertz CT molecular complexity index is 1430. The van der Waals surface area contributed by atoms with Crippen LogP contribution in [0.15, 0.2) is 71.6 Å². The van der Waals surface area contributed by atoms with Crippen molar-refractivity contribution in [3.05, 3.63) is 88.4 Å². The van der Waals surface area contributed by atoms with Gasteiger partial charge < -0.3 is 10.2 Å². The molecule has 0 bridgehead atoms. The zero-order valence-corrected chi connectivity index (χ0v) is 23.2. The van der Waals surface area contributed by atoms with Crippen LogP contribution in [0.5, 0.6) is 0 Å². The second-order valence-corrected chi connectivity index (χ2v) is 11.7. The van der Waals surface area contributed by atoms with E-state index in [4.69, 9.17) is 11.6 Å². The molecule has 3 aromatic carbocycles. The van der Waals surface area contributed by atoms with Crippen molar-refractivity contribution in [2.24, 2.45) is 0 Å². The molecule has 1 fully saturated rings. The number of piperazine rings is 1. The molecule has 0 aliphatic carbocycles. The molecule has 0 radical (unpaired) electrons. The number of anilines is 2. The van der Waals surface area contributed by atoms with Crippen LogP contribution in [0.2, 0.25) is 5.02 Å². The number of hydrogen-bond donors (Lipinski definition) is 1. The third-order valence-electron chi connectivity index (χ3n) is 6.55. The predicted molar refractivity (Wildman–Crippen MR) is 150 cm³/mol. The zero-order chi connectivity index (χ0) is 27.4. The van der Waals surface area contributed by atoms with Gasteiger partial charge in [-0.3, -0.25) is 18.8 Å². The van der Waals surface area contributed by atoms with Gasteiger partial charge in [-0.2, -0.15) is 0 Å². The van der Waals surface area contributed by atoms with Gasteiger partial charge >= 0.3 is 0 Å². The van der Waals surface area contributed by atoms with E-state index in [1.54, 1.807) is 42.2 Å². The Morgan fingerprint density at radius 1 is 1.00 bits per heavy atom. The number of rotatable bonds is 8. The van der Waals surface area contributed by atoms with Crippen molar-refractivity contribution in [3.63, 3.8) is 0 Å². The lowest BCUT2D eigenvalue weighted by Crippen LogP contribution is -2.48. The Labute approximate surface area is 228 Å². The summed E-state index contributed by atoms with van der Waals surface area (Å²) in [5.41, 5.74) is 3.47. The number of hydrogen-bond acceptors (Lipinski definition) is 5. The van der Waals surface area contributed by atoms with Crippen molar-refractivity contribution in [2.75, 3.05) is 42.4 Å². The van der Waals surface area contributed by atoms with E-state index < -0.39 is 22.5 Å². The maximum atomic E-state index is 13.6. The van der Waals surface area contributed by atoms with Crippen molar-refractivity contribution in [1.29, 1.82) is 0 Å². The van der Waals surface area contributed by atoms with E-state index >= 15 is 0 Å². The molecular weight excluding hydrogens is 524 g/mol. The molecule has 0 spiro atoms. The molecule has 2 amide bonds. The van der Waals surface area contributed by atoms with Gasteiger partial charge in [-0.15, -0.1) is 0 Å². The molecule has 0 aromatic heterocycles. The minimum absolute atomic E-state index is 0.0472. The summed E-state index contributed by atoms with van der Waals surface area (Å²) in [6.07, 6.45) is 0. The number of likely N-dealkylation sites (N-methyl/N-ethyl adjacent to an activating group) is 1. The number of benzene rings is 3. The summed E-state index contributed by atoms with van der Waals surface area (Å²) in [6, 6.07) is 18.9. The fourth-order valence-corrected chi connectivity index (χ4v) is 5.90. The van der Waals surface area contributed by atoms with Crippen LogP contribution < -0.4 is 14.5 Å². The van der Waals surface area contributed by atoms with Crippen LogP contribution >= 0.6 is 11.6 Å². The first-order valence-electron chi connectivity index (χ1n) is 12.3. The van der Waals surface area contributed by atoms with Gasteiger partial charge in [0.2, 0.25) is 11.8 Å². The second kappa shape index (κ2) is 11.6. The molecule has 1 aliphatic rings. The van der Waals surface area contributed by atoms with E-state index in [1.165, 1.54) is 12.1 Å². The summed E-state index contributed by atoms with van der Waals surface area (Å²) in [5.74, 6) is -0.413. The maximum Gasteiger partial charge on any atom is 0.264 e. The summed E-state index contributed by atoms with van der Waals surface area (Å²) >= 11 is 6.29. The van der Waals surface area contributed by atoms with Crippen molar-refractivity contribution in [2.45, 2.75) is 25.3 Å². The van der Waals surface area contributed by atoms with Crippen LogP contribution in [-0.2, 0) is 26.2 Å². The molecule has 0 atom stereocenters. The normalized spacial score (nSPS) is 14.4. The number of sulfonamides is 1. The number of carbonyl (C=O) groups excluding carboxylic acids is 2. The summed E-state index contributed by atoms with van der Waals surface area (Å²) in [7, 11) is -2.12. The molecule has 3 aromatic rings. The zero-order valence-electron chi connectivity index (χ0n) is 21.6. The summed E-state index contributed by atoms with van der Waals surface area (Å²) < 4.78 is 28.3. The average Bonchev–Trinajstić information content (AvgIpc) is 2.88. The molecule has 200 valence electrons. The highest BCUT2D eigenvalue weighted by Crippen LogP contribution is 2.31. The van der Waals surface area contributed by atoms with Gasteiger partial charge in [-0.25, -0.2) is 8.42 Å². The third-order valence-corrected chi connectivity index (χ3v) is 8.74. The smallest absolute Gasteiger partial charge is 0.264 e. The van der Waals surface area contributed by atoms with E-state index in [9.17, 15) is 18.0 Å². The van der Waals surface area contributed by atoms with E-state index in [2.05, 4.69) is 5.32 Å². The molecule has 0 unspecified atom stereocenters. The Morgan fingerprint density at radius 2 is 1.68 bits per heavy atom. The molecule has 38 heavy (non-hydrogen) atoms. The first-order valence-corrected chi connectivity index (χ1v) is 14.1. The Balaban J connectivity index is 1.49. The minimum Gasteiger partial charge on any atom is -0.350 e. The van der Waals surface area contributed by atoms with E-state index in [0.29, 0.717) is 29.4 Å². The highest BCUT2D eigenvalue weighted by molar-refractivity contribution is 7.92. The van der Waals surface area contributed by atoms with Gasteiger partial charge in [0.25, 0.3) is 10.0 Å². The third kappa shape index (κ3) is 6.18. The van der Waals surface area contributed by atoms with Crippen LogP contribution in [0.25, 0.3) is 0 Å². The minimum atomic E-state index is -4.04. The second-order valence-electron chi connectivity index (χ2n) is 9.44. The monoisotopic (exact) mass is 554 g/mol. The number of amides is 2. The van der Waals surface area contributed by atoms with Gasteiger partial charge in [-0.05, 0) is 68.4 Å². The predicted octanol–water partition coefficient (Wildman–Crippen LogP) is 3.75. The maximum absolute atomic E-state index is 13.6. The molecule has 4 rings (SSSR count). The van der Waals surface area contributed by atoms with E-state index in [0.717, 1.165) is 27.7 Å². The van der Waals surface area contributed by atoms with Crippen molar-refractivity contribution in [3.8, 4) is 0 Å². The van der Waals surface area contributed by atoms with Gasteiger partial charge in [-0.1, -0.05) is 47.5 Å². The highest BCUT2D eigenvalue weighted by Gasteiger charge is 2.29. The fraction of sp³-hybridized carbons (Fsp3) is 0.286. The van der Waals surface area contributed by atoms with Gasteiger partial charge in [0.05, 0.1) is 17.1 Å². The molecule has 0 saturated carbocycles. The quantitative estimate of drug-likeness (QED) is 0.458. The number of nitrogens with zero attached hydrogens (tertiary/aromatic N) is 3. The molecule has 10 heteroatoms. The molecule has 8 nitrogen and oxygen atoms in total. The van der Waals surface area contributed by atoms with Crippen LogP contribution in [0, 0.1) is 13.8 Å². The van der Waals surface area contributed by atoms with Gasteiger partial charge in [0.15, 0.2) is 0 Å². The van der Waals surface area contributed by atoms with E-state index in [1.807, 2.05) is 43.1 Å². The molecule has 1 N–H and O–H groups in total. The van der Waals surface area contributed by atoms with E-state index in [-0.39, 0.29) is 17.3 Å². The van der Waals surface area contributed by atoms with Gasteiger partial charge in [0.1, 0.15) is 6.54 Å². The van der Waals surface area contributed by atoms with Crippen LogP contribution in [-0.4, -0.2) is 58.4 Å². The van der Waals surface area contributed by atoms with Crippen LogP contribution in [0.1, 0.15) is 16.7 Å². The van der Waals surface area contributed by atoms with Crippen LogP contribution in [0.4, 0.5) is 11.4 Å². The lowest BCUT2D eigenvalue weighted by atomic mass is 10.1. The molecule has 1 saturated heterocycles. The Hall–Kier alpha value is -3.40. The number of aryl methyl sites for hydroxylation is 1. The summed E-state index contributed by atoms with van der Waals surface area (Å²) in [6.45, 7) is 5.20. The number of halogens is 1. The summed E-state index contributed by atoms with van der Waals surface area (Å²) in [5, 5.41) is 3.22. The van der Waals surface area contributed by atoms with Gasteiger partial charge in [0, 0.05) is 30.3 Å². The molecule has 1 heterocycles. The number of nitrogens with one attached hydrogen (secondary N) is 1. The van der Waals surface area contributed by atoms with Crippen molar-refractivity contribution >= 4 is 44.8 Å². The fourth-order valence-electron chi connectivity index (χ4n) is 4.25. The average molecular weight is 555 g/mol. The van der Waals surface area contributed by atoms with Crippen LogP contribution in [0.3, 0.4) is 0 Å². The Kier molecular flexibility index (Phi) is 8.40. The molecular formula is C28H31ClN4O4S. The summed E-state index contributed by atoms with van der Waals surface area (Å²) in [4.78, 5) is 29.2. The largest absolute Gasteiger partial charge is 0.350 e. The molecule has 1 aliphatic heterocycles. The van der Waals surface area contributed by atoms with Crippen molar-refractivity contribution in [1.82, 2.24) is 10.2 Å². The highest BCUT2D eigenvalue weighted by atomic mass is 35.5. The first-order chi connectivity index (χ1) is 18.1.